The summed E-state index contributed by atoms with van der Waals surface area (Å²) in [6, 6.07) is 20.0. The Balaban J connectivity index is 1.61. The highest BCUT2D eigenvalue weighted by atomic mass is 35.5. The van der Waals surface area contributed by atoms with Gasteiger partial charge in [-0.25, -0.2) is 0 Å². The second-order valence-corrected chi connectivity index (χ2v) is 10.7. The van der Waals surface area contributed by atoms with Crippen LogP contribution in [0.5, 0.6) is 0 Å². The molecule has 4 atom stereocenters. The van der Waals surface area contributed by atoms with E-state index in [-0.39, 0.29) is 23.6 Å². The molecule has 0 saturated carbocycles. The molecular formula is C29H24ClN3O3. The van der Waals surface area contributed by atoms with Gasteiger partial charge in [0.05, 0.1) is 10.9 Å². The zero-order valence-electron chi connectivity index (χ0n) is 19.7. The molecule has 7 heteroatoms. The van der Waals surface area contributed by atoms with Gasteiger partial charge in [0, 0.05) is 28.5 Å². The number of carbonyl (C=O) groups excluding carboxylic acids is 3. The first kappa shape index (κ1) is 21.8. The average molecular weight is 498 g/mol. The summed E-state index contributed by atoms with van der Waals surface area (Å²) in [4.78, 5) is 45.4. The van der Waals surface area contributed by atoms with E-state index in [0.717, 1.165) is 17.5 Å². The highest BCUT2D eigenvalue weighted by molar-refractivity contribution is 6.34. The largest absolute Gasteiger partial charge is 0.325 e. The summed E-state index contributed by atoms with van der Waals surface area (Å²) < 4.78 is 0. The van der Waals surface area contributed by atoms with Crippen LogP contribution in [0.4, 0.5) is 11.4 Å². The highest BCUT2D eigenvalue weighted by Crippen LogP contribution is 2.68. The van der Waals surface area contributed by atoms with Crippen LogP contribution in [0.3, 0.4) is 0 Å². The third-order valence-electron chi connectivity index (χ3n) is 8.67. The molecule has 6 nitrogen and oxygen atoms in total. The van der Waals surface area contributed by atoms with Crippen molar-refractivity contribution < 1.29 is 14.4 Å². The van der Waals surface area contributed by atoms with Crippen LogP contribution in [0.25, 0.3) is 0 Å². The average Bonchev–Trinajstić information content (AvgIpc) is 3.58. The van der Waals surface area contributed by atoms with Gasteiger partial charge in [0.25, 0.3) is 5.91 Å². The lowest BCUT2D eigenvalue weighted by Gasteiger charge is -2.43. The number of amides is 2. The highest BCUT2D eigenvalue weighted by Gasteiger charge is 2.81. The Kier molecular flexibility index (Phi) is 4.40. The van der Waals surface area contributed by atoms with E-state index in [0.29, 0.717) is 40.5 Å². The Bertz CT molecular complexity index is 1500. The molecular weight excluding hydrogens is 474 g/mol. The smallest absolute Gasteiger partial charge is 0.251 e. The van der Waals surface area contributed by atoms with Crippen molar-refractivity contribution in [1.82, 2.24) is 4.90 Å². The van der Waals surface area contributed by atoms with Gasteiger partial charge in [-0.05, 0) is 56.1 Å². The quantitative estimate of drug-likeness (QED) is 0.505. The monoisotopic (exact) mass is 497 g/mol. The zero-order chi connectivity index (χ0) is 24.8. The fourth-order valence-electron chi connectivity index (χ4n) is 7.52. The number of fused-ring (bicyclic) bond motifs is 7. The second-order valence-electron chi connectivity index (χ2n) is 10.2. The van der Waals surface area contributed by atoms with Gasteiger partial charge in [0.1, 0.15) is 11.0 Å². The zero-order valence-corrected chi connectivity index (χ0v) is 20.4. The Morgan fingerprint density at radius 3 is 2.50 bits per heavy atom. The van der Waals surface area contributed by atoms with Crippen LogP contribution in [-0.4, -0.2) is 35.1 Å². The fraction of sp³-hybridized carbons (Fsp3) is 0.276. The number of hydrogen-bond acceptors (Lipinski definition) is 4. The van der Waals surface area contributed by atoms with Crippen molar-refractivity contribution >= 4 is 40.6 Å². The molecule has 0 aromatic heterocycles. The van der Waals surface area contributed by atoms with Crippen molar-refractivity contribution in [3.8, 4) is 0 Å². The summed E-state index contributed by atoms with van der Waals surface area (Å²) in [5, 5.41) is 6.49. The SMILES string of the molecule is Cc1ccc2c(c1)[C@]1(C(=O)N2)N2CCC[C@H]2[C@@H](C(=O)c2ccccc2Cl)[C@]12C(=O)Nc1ccccc12. The lowest BCUT2D eigenvalue weighted by atomic mass is 9.57. The Morgan fingerprint density at radius 2 is 1.67 bits per heavy atom. The number of halogens is 1. The number of anilines is 2. The van der Waals surface area contributed by atoms with E-state index in [1.807, 2.05) is 49.4 Å². The standard InChI is InChI=1S/C29H24ClN3O3/c1-16-12-13-22-19(15-16)29(27(36)32-22)28(18-8-3-5-10-21(18)31-26(28)35)24(23-11-6-14-33(23)29)25(34)17-7-2-4-9-20(17)30/h2-5,7-10,12-13,15,23-24H,6,11,14H2,1H3,(H,31,35)(H,32,36)/t23-,24-,28+,29+/m0/s1. The van der Waals surface area contributed by atoms with Crippen LogP contribution in [0, 0.1) is 12.8 Å². The Labute approximate surface area is 213 Å². The van der Waals surface area contributed by atoms with Crippen molar-refractivity contribution in [1.29, 1.82) is 0 Å². The Morgan fingerprint density at radius 1 is 0.944 bits per heavy atom. The Hall–Kier alpha value is -3.48. The maximum absolute atomic E-state index is 14.5. The summed E-state index contributed by atoms with van der Waals surface area (Å²) in [6.45, 7) is 2.60. The first-order valence-electron chi connectivity index (χ1n) is 12.3. The molecule has 0 bridgehead atoms. The lowest BCUT2D eigenvalue weighted by Crippen LogP contribution is -2.62. The van der Waals surface area contributed by atoms with Gasteiger partial charge in [-0.2, -0.15) is 0 Å². The van der Waals surface area contributed by atoms with Crippen molar-refractivity contribution in [3.63, 3.8) is 0 Å². The number of hydrogen-bond donors (Lipinski definition) is 2. The summed E-state index contributed by atoms with van der Waals surface area (Å²) >= 11 is 6.54. The lowest BCUT2D eigenvalue weighted by molar-refractivity contribution is -0.137. The van der Waals surface area contributed by atoms with Gasteiger partial charge in [-0.15, -0.1) is 0 Å². The second kappa shape index (κ2) is 7.28. The molecule has 4 aliphatic rings. The van der Waals surface area contributed by atoms with Gasteiger partial charge in [0.15, 0.2) is 5.78 Å². The van der Waals surface area contributed by atoms with E-state index in [9.17, 15) is 14.4 Å². The summed E-state index contributed by atoms with van der Waals surface area (Å²) in [5.74, 6) is -1.56. The van der Waals surface area contributed by atoms with Gasteiger partial charge in [-0.1, -0.05) is 59.6 Å². The molecule has 36 heavy (non-hydrogen) atoms. The van der Waals surface area contributed by atoms with E-state index in [4.69, 9.17) is 11.6 Å². The molecule has 2 fully saturated rings. The number of para-hydroxylation sites is 1. The van der Waals surface area contributed by atoms with Crippen LogP contribution < -0.4 is 10.6 Å². The minimum Gasteiger partial charge on any atom is -0.325 e. The van der Waals surface area contributed by atoms with Crippen molar-refractivity contribution in [2.75, 3.05) is 17.2 Å². The third-order valence-corrected chi connectivity index (χ3v) is 9.00. The third kappa shape index (κ3) is 2.34. The molecule has 3 aromatic carbocycles. The van der Waals surface area contributed by atoms with Crippen LogP contribution in [0.15, 0.2) is 66.7 Å². The minimum atomic E-state index is -1.45. The van der Waals surface area contributed by atoms with E-state index in [2.05, 4.69) is 15.5 Å². The van der Waals surface area contributed by atoms with Gasteiger partial charge in [0.2, 0.25) is 5.91 Å². The number of ketones is 1. The summed E-state index contributed by atoms with van der Waals surface area (Å²) in [5.41, 5.74) is 1.37. The number of nitrogens with one attached hydrogen (secondary N) is 2. The molecule has 4 aliphatic heterocycles. The molecule has 2 spiro atoms. The van der Waals surface area contributed by atoms with E-state index in [1.54, 1.807) is 24.3 Å². The fourth-order valence-corrected chi connectivity index (χ4v) is 7.75. The first-order chi connectivity index (χ1) is 17.4. The maximum atomic E-state index is 14.5. The molecule has 7 rings (SSSR count). The first-order valence-corrected chi connectivity index (χ1v) is 12.7. The van der Waals surface area contributed by atoms with Gasteiger partial charge < -0.3 is 10.6 Å². The number of Topliss-reactive ketones (excluding diaryl/α,β-unsaturated/α-hetero) is 1. The van der Waals surface area contributed by atoms with E-state index in [1.165, 1.54) is 0 Å². The van der Waals surface area contributed by atoms with E-state index >= 15 is 0 Å². The van der Waals surface area contributed by atoms with Crippen molar-refractivity contribution in [2.45, 2.75) is 36.8 Å². The van der Waals surface area contributed by atoms with Crippen molar-refractivity contribution in [2.24, 2.45) is 5.92 Å². The number of aryl methyl sites for hydroxylation is 1. The van der Waals surface area contributed by atoms with E-state index < -0.39 is 16.9 Å². The molecule has 2 amide bonds. The van der Waals surface area contributed by atoms with Crippen LogP contribution in [0.2, 0.25) is 5.02 Å². The number of nitrogens with zero attached hydrogens (tertiary/aromatic N) is 1. The predicted octanol–water partition coefficient (Wildman–Crippen LogP) is 4.66. The van der Waals surface area contributed by atoms with Crippen LogP contribution in [-0.2, 0) is 20.5 Å². The number of benzene rings is 3. The molecule has 0 radical (unpaired) electrons. The molecule has 2 N–H and O–H groups in total. The maximum Gasteiger partial charge on any atom is 0.251 e. The van der Waals surface area contributed by atoms with Gasteiger partial charge in [-0.3, -0.25) is 19.3 Å². The van der Waals surface area contributed by atoms with Crippen LogP contribution >= 0.6 is 11.6 Å². The molecule has 2 saturated heterocycles. The van der Waals surface area contributed by atoms with Gasteiger partial charge >= 0.3 is 0 Å². The molecule has 0 aliphatic carbocycles. The molecule has 3 aromatic rings. The topological polar surface area (TPSA) is 78.5 Å². The van der Waals surface area contributed by atoms with Crippen molar-refractivity contribution in [3.05, 3.63) is 94.0 Å². The molecule has 0 unspecified atom stereocenters. The minimum absolute atomic E-state index is 0.199. The normalized spacial score (nSPS) is 29.8. The predicted molar refractivity (Wildman–Crippen MR) is 137 cm³/mol. The summed E-state index contributed by atoms with van der Waals surface area (Å²) in [7, 11) is 0. The number of carbonyl (C=O) groups is 3. The van der Waals surface area contributed by atoms with Crippen LogP contribution in [0.1, 0.15) is 39.9 Å². The number of rotatable bonds is 2. The molecule has 180 valence electrons. The summed E-state index contributed by atoms with van der Waals surface area (Å²) in [6.07, 6.45) is 1.56. The molecule has 4 heterocycles.